The van der Waals surface area contributed by atoms with E-state index in [4.69, 9.17) is 9.84 Å². The minimum atomic E-state index is -0.952. The van der Waals surface area contributed by atoms with E-state index < -0.39 is 18.1 Å². The number of nitrogens with one attached hydrogen (secondary N) is 2. The molecular formula is C28H28N2O5. The Morgan fingerprint density at radius 2 is 1.51 bits per heavy atom. The number of carbonyl (C=O) groups is 3. The molecule has 0 aliphatic heterocycles. The first-order valence-corrected chi connectivity index (χ1v) is 11.7. The van der Waals surface area contributed by atoms with Gasteiger partial charge in [-0.2, -0.15) is 0 Å². The summed E-state index contributed by atoms with van der Waals surface area (Å²) in [6.45, 7) is 2.15. The molecule has 1 unspecified atom stereocenters. The standard InChI is InChI=1S/C28H28N2O5/c1-2-7-20(16-26(31)32)29-27(33)18-12-14-19(15-13-18)30-28(34)35-17-25-23-10-5-3-8-21(23)22-9-4-6-11-24(22)25/h3-6,8-15,20,25H,2,7,16-17H2,1H3,(H,29,33)(H,30,34)(H,31,32). The molecule has 2 amide bonds. The van der Waals surface area contributed by atoms with Gasteiger partial charge in [-0.15, -0.1) is 0 Å². The molecular weight excluding hydrogens is 444 g/mol. The maximum Gasteiger partial charge on any atom is 0.411 e. The van der Waals surface area contributed by atoms with Gasteiger partial charge in [-0.25, -0.2) is 4.79 Å². The van der Waals surface area contributed by atoms with Gasteiger partial charge in [0.2, 0.25) is 0 Å². The second-order valence-electron chi connectivity index (χ2n) is 8.58. The van der Waals surface area contributed by atoms with Crippen LogP contribution in [0.4, 0.5) is 10.5 Å². The first-order valence-electron chi connectivity index (χ1n) is 11.7. The number of hydrogen-bond donors (Lipinski definition) is 3. The van der Waals surface area contributed by atoms with Crippen molar-refractivity contribution in [2.75, 3.05) is 11.9 Å². The number of benzene rings is 3. The highest BCUT2D eigenvalue weighted by molar-refractivity contribution is 5.95. The third kappa shape index (κ3) is 5.69. The number of ether oxygens (including phenoxy) is 1. The van der Waals surface area contributed by atoms with Gasteiger partial charge in [-0.05, 0) is 52.9 Å². The molecule has 3 aromatic carbocycles. The highest BCUT2D eigenvalue weighted by Gasteiger charge is 2.29. The number of hydrogen-bond acceptors (Lipinski definition) is 4. The van der Waals surface area contributed by atoms with Gasteiger partial charge >= 0.3 is 12.1 Å². The van der Waals surface area contributed by atoms with Gasteiger partial charge in [-0.3, -0.25) is 14.9 Å². The molecule has 3 aromatic rings. The number of carbonyl (C=O) groups excluding carboxylic acids is 2. The third-order valence-corrected chi connectivity index (χ3v) is 6.13. The van der Waals surface area contributed by atoms with E-state index in [0.717, 1.165) is 28.7 Å². The van der Waals surface area contributed by atoms with Crippen molar-refractivity contribution in [2.45, 2.75) is 38.1 Å². The maximum atomic E-state index is 12.5. The fourth-order valence-corrected chi connectivity index (χ4v) is 4.51. The molecule has 1 aliphatic carbocycles. The fourth-order valence-electron chi connectivity index (χ4n) is 4.51. The van der Waals surface area contributed by atoms with Crippen LogP contribution in [-0.2, 0) is 9.53 Å². The van der Waals surface area contributed by atoms with Crippen molar-refractivity contribution in [1.29, 1.82) is 0 Å². The van der Waals surface area contributed by atoms with E-state index in [1.54, 1.807) is 24.3 Å². The van der Waals surface area contributed by atoms with Gasteiger partial charge in [-0.1, -0.05) is 61.9 Å². The number of amides is 2. The molecule has 35 heavy (non-hydrogen) atoms. The molecule has 0 heterocycles. The molecule has 7 nitrogen and oxygen atoms in total. The number of anilines is 1. The number of carboxylic acid groups (broad SMARTS) is 1. The number of carboxylic acids is 1. The third-order valence-electron chi connectivity index (χ3n) is 6.13. The van der Waals surface area contributed by atoms with Crippen molar-refractivity contribution >= 4 is 23.7 Å². The lowest BCUT2D eigenvalue weighted by Crippen LogP contribution is -2.36. The first kappa shape index (κ1) is 24.0. The van der Waals surface area contributed by atoms with Gasteiger partial charge < -0.3 is 15.2 Å². The zero-order valence-corrected chi connectivity index (χ0v) is 19.5. The average molecular weight is 473 g/mol. The Kier molecular flexibility index (Phi) is 7.45. The zero-order valence-electron chi connectivity index (χ0n) is 19.5. The van der Waals surface area contributed by atoms with Crippen LogP contribution in [0.5, 0.6) is 0 Å². The van der Waals surface area contributed by atoms with Crippen LogP contribution in [0.2, 0.25) is 0 Å². The van der Waals surface area contributed by atoms with Crippen LogP contribution in [0.15, 0.2) is 72.8 Å². The Balaban J connectivity index is 1.34. The van der Waals surface area contributed by atoms with Crippen LogP contribution in [0.1, 0.15) is 53.6 Å². The second kappa shape index (κ2) is 10.9. The molecule has 0 saturated heterocycles. The molecule has 3 N–H and O–H groups in total. The van der Waals surface area contributed by atoms with Crippen LogP contribution >= 0.6 is 0 Å². The Bertz CT molecular complexity index is 1180. The van der Waals surface area contributed by atoms with Crippen molar-refractivity contribution in [3.8, 4) is 11.1 Å². The first-order chi connectivity index (χ1) is 17.0. The summed E-state index contributed by atoms with van der Waals surface area (Å²) >= 11 is 0. The summed E-state index contributed by atoms with van der Waals surface area (Å²) in [5.41, 5.74) is 5.48. The van der Waals surface area contributed by atoms with E-state index >= 15 is 0 Å². The largest absolute Gasteiger partial charge is 0.481 e. The highest BCUT2D eigenvalue weighted by Crippen LogP contribution is 2.44. The van der Waals surface area contributed by atoms with Crippen molar-refractivity contribution in [3.05, 3.63) is 89.5 Å². The van der Waals surface area contributed by atoms with Crippen LogP contribution in [0.3, 0.4) is 0 Å². The van der Waals surface area contributed by atoms with Gasteiger partial charge in [0.05, 0.1) is 6.42 Å². The number of fused-ring (bicyclic) bond motifs is 3. The summed E-state index contributed by atoms with van der Waals surface area (Å²) < 4.78 is 5.55. The van der Waals surface area contributed by atoms with E-state index in [1.165, 1.54) is 0 Å². The van der Waals surface area contributed by atoms with Crippen LogP contribution in [-0.4, -0.2) is 35.7 Å². The molecule has 0 radical (unpaired) electrons. The van der Waals surface area contributed by atoms with E-state index in [1.807, 2.05) is 31.2 Å². The Morgan fingerprint density at radius 3 is 2.09 bits per heavy atom. The predicted molar refractivity (Wildman–Crippen MR) is 134 cm³/mol. The predicted octanol–water partition coefficient (Wildman–Crippen LogP) is 5.42. The maximum absolute atomic E-state index is 12.5. The molecule has 0 fully saturated rings. The normalized spacial score (nSPS) is 12.8. The van der Waals surface area contributed by atoms with E-state index in [9.17, 15) is 14.4 Å². The van der Waals surface area contributed by atoms with E-state index in [0.29, 0.717) is 17.7 Å². The summed E-state index contributed by atoms with van der Waals surface area (Å²) in [5, 5.41) is 14.5. The average Bonchev–Trinajstić information content (AvgIpc) is 3.16. The van der Waals surface area contributed by atoms with Gasteiger partial charge in [0.25, 0.3) is 5.91 Å². The van der Waals surface area contributed by atoms with Crippen LogP contribution in [0.25, 0.3) is 11.1 Å². The quantitative estimate of drug-likeness (QED) is 0.386. The Labute approximate surface area is 204 Å². The molecule has 1 aliphatic rings. The molecule has 4 rings (SSSR count). The molecule has 0 aromatic heterocycles. The summed E-state index contributed by atoms with van der Waals surface area (Å²) in [4.78, 5) is 35.9. The lowest BCUT2D eigenvalue weighted by molar-refractivity contribution is -0.137. The second-order valence-corrected chi connectivity index (χ2v) is 8.58. The fraction of sp³-hybridized carbons (Fsp3) is 0.250. The molecule has 7 heteroatoms. The topological polar surface area (TPSA) is 105 Å². The van der Waals surface area contributed by atoms with Crippen molar-refractivity contribution in [3.63, 3.8) is 0 Å². The molecule has 180 valence electrons. The Hall–Kier alpha value is -4.13. The van der Waals surface area contributed by atoms with Crippen LogP contribution in [0, 0.1) is 0 Å². The Morgan fingerprint density at radius 1 is 0.914 bits per heavy atom. The summed E-state index contributed by atoms with van der Waals surface area (Å²) in [6, 6.07) is 22.2. The number of rotatable bonds is 9. The summed E-state index contributed by atoms with van der Waals surface area (Å²) in [5.74, 6) is -1.33. The monoisotopic (exact) mass is 472 g/mol. The SMILES string of the molecule is CCCC(CC(=O)O)NC(=O)c1ccc(NC(=O)OCC2c3ccccc3-c3ccccc32)cc1. The van der Waals surface area contributed by atoms with Crippen molar-refractivity contribution < 1.29 is 24.2 Å². The number of aliphatic carboxylic acids is 1. The molecule has 0 saturated carbocycles. The molecule has 0 spiro atoms. The smallest absolute Gasteiger partial charge is 0.411 e. The summed E-state index contributed by atoms with van der Waals surface area (Å²) in [6.07, 6.45) is 0.648. The molecule has 0 bridgehead atoms. The van der Waals surface area contributed by atoms with Crippen molar-refractivity contribution in [2.24, 2.45) is 0 Å². The molecule has 1 atom stereocenters. The minimum Gasteiger partial charge on any atom is -0.481 e. The van der Waals surface area contributed by atoms with E-state index in [-0.39, 0.29) is 24.9 Å². The lowest BCUT2D eigenvalue weighted by Gasteiger charge is -2.16. The lowest BCUT2D eigenvalue weighted by atomic mass is 9.98. The van der Waals surface area contributed by atoms with Crippen LogP contribution < -0.4 is 10.6 Å². The van der Waals surface area contributed by atoms with Gasteiger partial charge in [0, 0.05) is 23.2 Å². The summed E-state index contributed by atoms with van der Waals surface area (Å²) in [7, 11) is 0. The minimum absolute atomic E-state index is 0.0268. The van der Waals surface area contributed by atoms with E-state index in [2.05, 4.69) is 34.9 Å². The highest BCUT2D eigenvalue weighted by atomic mass is 16.5. The zero-order chi connectivity index (χ0) is 24.8. The van der Waals surface area contributed by atoms with Crippen molar-refractivity contribution in [1.82, 2.24) is 5.32 Å². The van der Waals surface area contributed by atoms with Gasteiger partial charge in [0.15, 0.2) is 0 Å². The van der Waals surface area contributed by atoms with Gasteiger partial charge in [0.1, 0.15) is 6.61 Å².